The topological polar surface area (TPSA) is 64.6 Å². The van der Waals surface area contributed by atoms with E-state index in [4.69, 9.17) is 5.11 Å². The quantitative estimate of drug-likeness (QED) is 0.736. The van der Waals surface area contributed by atoms with Gasteiger partial charge in [0.1, 0.15) is 0 Å². The van der Waals surface area contributed by atoms with Crippen molar-refractivity contribution in [2.45, 2.75) is 32.4 Å². The molecular formula is C16H25N3O2. The normalized spacial score (nSPS) is 16.1. The molecule has 1 atom stereocenters. The molecule has 1 unspecified atom stereocenters. The molecule has 1 heterocycles. The van der Waals surface area contributed by atoms with Crippen LogP contribution in [0, 0.1) is 0 Å². The molecule has 1 aromatic rings. The summed E-state index contributed by atoms with van der Waals surface area (Å²) in [6.45, 7) is 5.03. The van der Waals surface area contributed by atoms with Crippen LogP contribution in [0.2, 0.25) is 0 Å². The van der Waals surface area contributed by atoms with Crippen molar-refractivity contribution in [3.8, 4) is 0 Å². The van der Waals surface area contributed by atoms with E-state index in [1.165, 1.54) is 11.1 Å². The lowest BCUT2D eigenvalue weighted by Crippen LogP contribution is -2.48. The summed E-state index contributed by atoms with van der Waals surface area (Å²) in [5.41, 5.74) is 2.84. The number of carbonyl (C=O) groups excluding carboxylic acids is 1. The van der Waals surface area contributed by atoms with Crippen LogP contribution in [-0.4, -0.2) is 48.3 Å². The van der Waals surface area contributed by atoms with Gasteiger partial charge in [0.2, 0.25) is 0 Å². The number of urea groups is 1. The number of amides is 2. The molecule has 0 saturated carbocycles. The van der Waals surface area contributed by atoms with Crippen molar-refractivity contribution in [1.82, 2.24) is 15.5 Å². The number of hydrogen-bond donors (Lipinski definition) is 3. The minimum atomic E-state index is -0.208. The van der Waals surface area contributed by atoms with Gasteiger partial charge >= 0.3 is 6.03 Å². The zero-order valence-electron chi connectivity index (χ0n) is 12.6. The molecule has 2 amide bonds. The fourth-order valence-electron chi connectivity index (χ4n) is 2.80. The van der Waals surface area contributed by atoms with Crippen LogP contribution in [-0.2, 0) is 13.0 Å². The second-order valence-corrected chi connectivity index (χ2v) is 5.41. The summed E-state index contributed by atoms with van der Waals surface area (Å²) >= 11 is 0. The minimum Gasteiger partial charge on any atom is -0.395 e. The van der Waals surface area contributed by atoms with Crippen LogP contribution in [0.5, 0.6) is 0 Å². The largest absolute Gasteiger partial charge is 0.395 e. The number of fused-ring (bicyclic) bond motifs is 1. The Labute approximate surface area is 126 Å². The Bertz CT molecular complexity index is 465. The SMILES string of the molecule is CCC(CNC(=O)NCCO)N1CCc2ccccc2C1. The van der Waals surface area contributed by atoms with Crippen molar-refractivity contribution in [2.75, 3.05) is 26.2 Å². The molecule has 0 radical (unpaired) electrons. The summed E-state index contributed by atoms with van der Waals surface area (Å²) in [7, 11) is 0. The lowest BCUT2D eigenvalue weighted by Gasteiger charge is -2.35. The highest BCUT2D eigenvalue weighted by Crippen LogP contribution is 2.20. The Balaban J connectivity index is 1.86. The molecule has 0 bridgehead atoms. The number of hydrogen-bond acceptors (Lipinski definition) is 3. The van der Waals surface area contributed by atoms with E-state index in [0.29, 0.717) is 19.1 Å². The zero-order chi connectivity index (χ0) is 15.1. The number of nitrogens with one attached hydrogen (secondary N) is 2. The van der Waals surface area contributed by atoms with Gasteiger partial charge in [-0.25, -0.2) is 4.79 Å². The van der Waals surface area contributed by atoms with E-state index in [2.05, 4.69) is 46.7 Å². The van der Waals surface area contributed by atoms with Gasteiger partial charge in [0.15, 0.2) is 0 Å². The zero-order valence-corrected chi connectivity index (χ0v) is 12.6. The van der Waals surface area contributed by atoms with E-state index in [1.54, 1.807) is 0 Å². The van der Waals surface area contributed by atoms with Gasteiger partial charge in [0, 0.05) is 32.2 Å². The second kappa shape index (κ2) is 8.00. The Morgan fingerprint density at radius 1 is 1.33 bits per heavy atom. The summed E-state index contributed by atoms with van der Waals surface area (Å²) in [5, 5.41) is 14.2. The monoisotopic (exact) mass is 291 g/mol. The molecule has 5 nitrogen and oxygen atoms in total. The maximum atomic E-state index is 11.6. The van der Waals surface area contributed by atoms with Crippen LogP contribution < -0.4 is 10.6 Å². The van der Waals surface area contributed by atoms with Crippen molar-refractivity contribution in [1.29, 1.82) is 0 Å². The van der Waals surface area contributed by atoms with Crippen LogP contribution in [0.4, 0.5) is 4.79 Å². The standard InChI is InChI=1S/C16H25N3O2/c1-2-15(11-18-16(21)17-8-10-20)19-9-7-13-5-3-4-6-14(13)12-19/h3-6,15,20H,2,7-12H2,1H3,(H2,17,18,21). The summed E-state index contributed by atoms with van der Waals surface area (Å²) < 4.78 is 0. The van der Waals surface area contributed by atoms with E-state index in [0.717, 1.165) is 25.9 Å². The van der Waals surface area contributed by atoms with E-state index < -0.39 is 0 Å². The maximum absolute atomic E-state index is 11.6. The van der Waals surface area contributed by atoms with Gasteiger partial charge in [-0.05, 0) is 24.0 Å². The Hall–Kier alpha value is -1.59. The summed E-state index contributed by atoms with van der Waals surface area (Å²) in [6.07, 6.45) is 2.08. The third-order valence-electron chi connectivity index (χ3n) is 4.04. The summed E-state index contributed by atoms with van der Waals surface area (Å²) in [5.74, 6) is 0. The van der Waals surface area contributed by atoms with E-state index in [-0.39, 0.29) is 12.6 Å². The van der Waals surface area contributed by atoms with Crippen molar-refractivity contribution in [3.05, 3.63) is 35.4 Å². The highest BCUT2D eigenvalue weighted by molar-refractivity contribution is 5.73. The van der Waals surface area contributed by atoms with Gasteiger partial charge in [-0.2, -0.15) is 0 Å². The Morgan fingerprint density at radius 2 is 2.10 bits per heavy atom. The molecule has 1 aliphatic heterocycles. The molecule has 5 heteroatoms. The van der Waals surface area contributed by atoms with E-state index >= 15 is 0 Å². The average molecular weight is 291 g/mol. The number of carbonyl (C=O) groups is 1. The lowest BCUT2D eigenvalue weighted by molar-refractivity contribution is 0.169. The number of aliphatic hydroxyl groups excluding tert-OH is 1. The van der Waals surface area contributed by atoms with Gasteiger partial charge in [0.25, 0.3) is 0 Å². The molecule has 0 saturated heterocycles. The first-order valence-electron chi connectivity index (χ1n) is 7.68. The van der Waals surface area contributed by atoms with Crippen molar-refractivity contribution in [2.24, 2.45) is 0 Å². The first-order chi connectivity index (χ1) is 10.2. The average Bonchev–Trinajstić information content (AvgIpc) is 2.53. The maximum Gasteiger partial charge on any atom is 0.314 e. The summed E-state index contributed by atoms with van der Waals surface area (Å²) in [4.78, 5) is 14.0. The highest BCUT2D eigenvalue weighted by atomic mass is 16.3. The summed E-state index contributed by atoms with van der Waals surface area (Å²) in [6, 6.07) is 8.71. The molecule has 2 rings (SSSR count). The number of rotatable bonds is 6. The second-order valence-electron chi connectivity index (χ2n) is 5.41. The first-order valence-corrected chi connectivity index (χ1v) is 7.68. The molecule has 0 aromatic heterocycles. The Kier molecular flexibility index (Phi) is 6.02. The van der Waals surface area contributed by atoms with Gasteiger partial charge < -0.3 is 15.7 Å². The molecule has 21 heavy (non-hydrogen) atoms. The van der Waals surface area contributed by atoms with E-state index in [1.807, 2.05) is 0 Å². The van der Waals surface area contributed by atoms with Crippen LogP contribution in [0.3, 0.4) is 0 Å². The number of nitrogens with zero attached hydrogens (tertiary/aromatic N) is 1. The molecule has 116 valence electrons. The smallest absolute Gasteiger partial charge is 0.314 e. The predicted molar refractivity (Wildman–Crippen MR) is 83.1 cm³/mol. The van der Waals surface area contributed by atoms with E-state index in [9.17, 15) is 4.79 Å². The fourth-order valence-corrected chi connectivity index (χ4v) is 2.80. The van der Waals surface area contributed by atoms with Crippen molar-refractivity contribution in [3.63, 3.8) is 0 Å². The highest BCUT2D eigenvalue weighted by Gasteiger charge is 2.22. The van der Waals surface area contributed by atoms with Crippen LogP contribution >= 0.6 is 0 Å². The van der Waals surface area contributed by atoms with Gasteiger partial charge in [0.05, 0.1) is 6.61 Å². The molecule has 0 spiro atoms. The van der Waals surface area contributed by atoms with Gasteiger partial charge in [-0.1, -0.05) is 31.2 Å². The molecule has 1 aromatic carbocycles. The van der Waals surface area contributed by atoms with Crippen LogP contribution in [0.25, 0.3) is 0 Å². The minimum absolute atomic E-state index is 0.0342. The number of aliphatic hydroxyl groups is 1. The van der Waals surface area contributed by atoms with Gasteiger partial charge in [-0.3, -0.25) is 4.90 Å². The first kappa shape index (κ1) is 15.8. The third-order valence-corrected chi connectivity index (χ3v) is 4.04. The number of benzene rings is 1. The lowest BCUT2D eigenvalue weighted by atomic mass is 9.98. The van der Waals surface area contributed by atoms with Gasteiger partial charge in [-0.15, -0.1) is 0 Å². The molecule has 1 aliphatic rings. The van der Waals surface area contributed by atoms with Crippen molar-refractivity contribution < 1.29 is 9.90 Å². The molecule has 0 fully saturated rings. The third kappa shape index (κ3) is 4.44. The molecular weight excluding hydrogens is 266 g/mol. The van der Waals surface area contributed by atoms with Crippen LogP contribution in [0.1, 0.15) is 24.5 Å². The molecule has 0 aliphatic carbocycles. The predicted octanol–water partition coefficient (Wildman–Crippen LogP) is 1.11. The fraction of sp³-hybridized carbons (Fsp3) is 0.562. The van der Waals surface area contributed by atoms with Crippen LogP contribution in [0.15, 0.2) is 24.3 Å². The Morgan fingerprint density at radius 3 is 2.81 bits per heavy atom. The van der Waals surface area contributed by atoms with Crippen molar-refractivity contribution >= 4 is 6.03 Å². The molecule has 3 N–H and O–H groups in total.